The fraction of sp³-hybridized carbons (Fsp3) is 0.316. The number of aryl methyl sites for hydroxylation is 1. The maximum absolute atomic E-state index is 12.3. The Kier molecular flexibility index (Phi) is 7.17. The SMILES string of the molecule is COc1ccccc1CCCCNS(=O)(=O)c1ccc(NC(C)=O)cc1. The van der Waals surface area contributed by atoms with E-state index in [0.717, 1.165) is 30.6 Å². The molecule has 2 aromatic carbocycles. The van der Waals surface area contributed by atoms with E-state index in [-0.39, 0.29) is 10.8 Å². The third-order valence-electron chi connectivity index (χ3n) is 3.84. The van der Waals surface area contributed by atoms with Crippen LogP contribution in [0.4, 0.5) is 5.69 Å². The standard InChI is InChI=1S/C19H24N2O4S/c1-15(22)21-17-10-12-18(13-11-17)26(23,24)20-14-6-5-8-16-7-3-4-9-19(16)25-2/h3-4,7,9-13,20H,5-6,8,14H2,1-2H3,(H,21,22). The van der Waals surface area contributed by atoms with Gasteiger partial charge in [0.2, 0.25) is 15.9 Å². The largest absolute Gasteiger partial charge is 0.496 e. The number of amides is 1. The number of ether oxygens (including phenoxy) is 1. The van der Waals surface area contributed by atoms with Crippen LogP contribution in [-0.2, 0) is 21.2 Å². The highest BCUT2D eigenvalue weighted by Gasteiger charge is 2.13. The number of methoxy groups -OCH3 is 1. The van der Waals surface area contributed by atoms with E-state index >= 15 is 0 Å². The average Bonchev–Trinajstić information content (AvgIpc) is 2.61. The Hall–Kier alpha value is -2.38. The van der Waals surface area contributed by atoms with Gasteiger partial charge in [-0.15, -0.1) is 0 Å². The number of hydrogen-bond donors (Lipinski definition) is 2. The van der Waals surface area contributed by atoms with Crippen LogP contribution in [0.25, 0.3) is 0 Å². The summed E-state index contributed by atoms with van der Waals surface area (Å²) in [6, 6.07) is 13.9. The molecule has 0 heterocycles. The lowest BCUT2D eigenvalue weighted by atomic mass is 10.1. The van der Waals surface area contributed by atoms with Crippen LogP contribution < -0.4 is 14.8 Å². The fourth-order valence-electron chi connectivity index (χ4n) is 2.56. The lowest BCUT2D eigenvalue weighted by molar-refractivity contribution is -0.114. The number of hydrogen-bond acceptors (Lipinski definition) is 4. The zero-order chi connectivity index (χ0) is 19.0. The van der Waals surface area contributed by atoms with E-state index < -0.39 is 10.0 Å². The topological polar surface area (TPSA) is 84.5 Å². The minimum Gasteiger partial charge on any atom is -0.496 e. The smallest absolute Gasteiger partial charge is 0.240 e. The summed E-state index contributed by atoms with van der Waals surface area (Å²) in [7, 11) is -1.91. The zero-order valence-electron chi connectivity index (χ0n) is 15.0. The maximum atomic E-state index is 12.3. The van der Waals surface area contributed by atoms with Crippen LogP contribution in [0.3, 0.4) is 0 Å². The number of para-hydroxylation sites is 1. The van der Waals surface area contributed by atoms with Gasteiger partial charge < -0.3 is 10.1 Å². The average molecular weight is 376 g/mol. The Morgan fingerprint density at radius 1 is 1.04 bits per heavy atom. The molecule has 1 amide bonds. The number of carbonyl (C=O) groups excluding carboxylic acids is 1. The molecule has 6 nitrogen and oxygen atoms in total. The van der Waals surface area contributed by atoms with E-state index in [4.69, 9.17) is 4.74 Å². The summed E-state index contributed by atoms with van der Waals surface area (Å²) in [6.07, 6.45) is 2.41. The van der Waals surface area contributed by atoms with E-state index in [1.54, 1.807) is 19.2 Å². The molecule has 0 saturated heterocycles. The van der Waals surface area contributed by atoms with Crippen molar-refractivity contribution in [1.82, 2.24) is 4.72 Å². The number of rotatable bonds is 9. The van der Waals surface area contributed by atoms with Gasteiger partial charge in [-0.2, -0.15) is 0 Å². The summed E-state index contributed by atoms with van der Waals surface area (Å²) in [5, 5.41) is 2.60. The van der Waals surface area contributed by atoms with Crippen LogP contribution in [-0.4, -0.2) is 28.0 Å². The number of benzene rings is 2. The third-order valence-corrected chi connectivity index (χ3v) is 5.32. The monoisotopic (exact) mass is 376 g/mol. The Balaban J connectivity index is 1.81. The highest BCUT2D eigenvalue weighted by atomic mass is 32.2. The molecule has 0 aliphatic carbocycles. The molecule has 7 heteroatoms. The highest BCUT2D eigenvalue weighted by molar-refractivity contribution is 7.89. The molecule has 0 spiro atoms. The minimum absolute atomic E-state index is 0.177. The first-order chi connectivity index (χ1) is 12.4. The van der Waals surface area contributed by atoms with E-state index in [0.29, 0.717) is 12.2 Å². The van der Waals surface area contributed by atoms with Crippen molar-refractivity contribution in [3.8, 4) is 5.75 Å². The van der Waals surface area contributed by atoms with Crippen molar-refractivity contribution in [3.05, 3.63) is 54.1 Å². The first kappa shape index (κ1) is 19.9. The Morgan fingerprint density at radius 2 is 1.73 bits per heavy atom. The van der Waals surface area contributed by atoms with Crippen molar-refractivity contribution >= 4 is 21.6 Å². The minimum atomic E-state index is -3.55. The summed E-state index contributed by atoms with van der Waals surface area (Å²) in [5.74, 6) is 0.654. The second kappa shape index (κ2) is 9.35. The summed E-state index contributed by atoms with van der Waals surface area (Å²) < 4.78 is 32.5. The Bertz CT molecular complexity index is 833. The van der Waals surface area contributed by atoms with Crippen molar-refractivity contribution in [3.63, 3.8) is 0 Å². The lowest BCUT2D eigenvalue weighted by Crippen LogP contribution is -2.24. The molecule has 0 radical (unpaired) electrons. The van der Waals surface area contributed by atoms with Gasteiger partial charge in [0, 0.05) is 19.2 Å². The lowest BCUT2D eigenvalue weighted by Gasteiger charge is -2.09. The maximum Gasteiger partial charge on any atom is 0.240 e. The number of sulfonamides is 1. The van der Waals surface area contributed by atoms with Gasteiger partial charge in [-0.25, -0.2) is 13.1 Å². The second-order valence-electron chi connectivity index (χ2n) is 5.87. The van der Waals surface area contributed by atoms with Crippen LogP contribution in [0.2, 0.25) is 0 Å². The van der Waals surface area contributed by atoms with Gasteiger partial charge in [0.1, 0.15) is 5.75 Å². The van der Waals surface area contributed by atoms with Crippen molar-refractivity contribution in [2.75, 3.05) is 19.0 Å². The molecule has 0 aliphatic heterocycles. The van der Waals surface area contributed by atoms with E-state index in [1.807, 2.05) is 24.3 Å². The van der Waals surface area contributed by atoms with Crippen LogP contribution in [0, 0.1) is 0 Å². The highest BCUT2D eigenvalue weighted by Crippen LogP contribution is 2.19. The van der Waals surface area contributed by atoms with Gasteiger partial charge in [0.15, 0.2) is 0 Å². The predicted molar refractivity (Wildman–Crippen MR) is 102 cm³/mol. The van der Waals surface area contributed by atoms with Crippen LogP contribution in [0.5, 0.6) is 5.75 Å². The molecular weight excluding hydrogens is 352 g/mol. The van der Waals surface area contributed by atoms with Gasteiger partial charge in [-0.3, -0.25) is 4.79 Å². The second-order valence-corrected chi connectivity index (χ2v) is 7.64. The number of unbranched alkanes of at least 4 members (excludes halogenated alkanes) is 1. The van der Waals surface area contributed by atoms with Gasteiger partial charge in [-0.05, 0) is 55.2 Å². The molecule has 0 saturated carbocycles. The molecule has 0 unspecified atom stereocenters. The van der Waals surface area contributed by atoms with E-state index in [9.17, 15) is 13.2 Å². The predicted octanol–water partition coefficient (Wildman–Crippen LogP) is 2.95. The summed E-state index contributed by atoms with van der Waals surface area (Å²) in [6.45, 7) is 1.77. The quantitative estimate of drug-likeness (QED) is 0.659. The summed E-state index contributed by atoms with van der Waals surface area (Å²) in [4.78, 5) is 11.2. The number of anilines is 1. The molecule has 2 N–H and O–H groups in total. The molecule has 0 fully saturated rings. The summed E-state index contributed by atoms with van der Waals surface area (Å²) in [5.41, 5.74) is 1.68. The van der Waals surface area contributed by atoms with Gasteiger partial charge in [-0.1, -0.05) is 18.2 Å². The van der Waals surface area contributed by atoms with Gasteiger partial charge in [0.05, 0.1) is 12.0 Å². The number of nitrogens with one attached hydrogen (secondary N) is 2. The molecule has 0 aromatic heterocycles. The molecule has 2 aromatic rings. The van der Waals surface area contributed by atoms with Gasteiger partial charge >= 0.3 is 0 Å². The molecule has 0 atom stereocenters. The third kappa shape index (κ3) is 5.86. The van der Waals surface area contributed by atoms with Crippen LogP contribution in [0.15, 0.2) is 53.4 Å². The molecule has 0 bridgehead atoms. The Labute approximate surface area is 154 Å². The normalized spacial score (nSPS) is 11.2. The van der Waals surface area contributed by atoms with E-state index in [1.165, 1.54) is 19.1 Å². The molecule has 2 rings (SSSR count). The first-order valence-corrected chi connectivity index (χ1v) is 9.90. The fourth-order valence-corrected chi connectivity index (χ4v) is 3.63. The van der Waals surface area contributed by atoms with Crippen LogP contribution in [0.1, 0.15) is 25.3 Å². The number of carbonyl (C=O) groups is 1. The molecule has 26 heavy (non-hydrogen) atoms. The molecule has 140 valence electrons. The van der Waals surface area contributed by atoms with Crippen molar-refractivity contribution in [1.29, 1.82) is 0 Å². The molecular formula is C19H24N2O4S. The van der Waals surface area contributed by atoms with Crippen molar-refractivity contribution < 1.29 is 17.9 Å². The first-order valence-electron chi connectivity index (χ1n) is 8.41. The Morgan fingerprint density at radius 3 is 2.38 bits per heavy atom. The van der Waals surface area contributed by atoms with Crippen molar-refractivity contribution in [2.24, 2.45) is 0 Å². The summed E-state index contributed by atoms with van der Waals surface area (Å²) >= 11 is 0. The molecule has 0 aliphatic rings. The zero-order valence-corrected chi connectivity index (χ0v) is 15.8. The van der Waals surface area contributed by atoms with Gasteiger partial charge in [0.25, 0.3) is 0 Å². The van der Waals surface area contributed by atoms with Crippen molar-refractivity contribution in [2.45, 2.75) is 31.1 Å². The van der Waals surface area contributed by atoms with E-state index in [2.05, 4.69) is 10.0 Å². The van der Waals surface area contributed by atoms with Crippen LogP contribution >= 0.6 is 0 Å².